The summed E-state index contributed by atoms with van der Waals surface area (Å²) in [5.41, 5.74) is -0.755. The average Bonchev–Trinajstić information content (AvgIpc) is 2.47. The summed E-state index contributed by atoms with van der Waals surface area (Å²) < 4.78 is 5.45. The zero-order chi connectivity index (χ0) is 15.1. The van der Waals surface area contributed by atoms with Gasteiger partial charge in [-0.2, -0.15) is 11.8 Å². The first-order valence-corrected chi connectivity index (χ1v) is 8.60. The van der Waals surface area contributed by atoms with Crippen LogP contribution in [0.4, 0.5) is 11.6 Å². The van der Waals surface area contributed by atoms with Crippen LogP contribution in [0.3, 0.4) is 0 Å². The lowest BCUT2D eigenvalue weighted by molar-refractivity contribution is 0.0875. The van der Waals surface area contributed by atoms with E-state index in [1.807, 2.05) is 19.2 Å². The maximum Gasteiger partial charge on any atom is 0.131 e. The molecular weight excluding hydrogens is 288 g/mol. The minimum absolute atomic E-state index is 0.307. The number of nitrogens with one attached hydrogen (secondary N) is 2. The molecule has 0 radical (unpaired) electrons. The van der Waals surface area contributed by atoms with Crippen molar-refractivity contribution in [2.75, 3.05) is 42.4 Å². The van der Waals surface area contributed by atoms with E-state index in [0.29, 0.717) is 24.2 Å². The highest BCUT2D eigenvalue weighted by atomic mass is 32.2. The highest BCUT2D eigenvalue weighted by molar-refractivity contribution is 7.98. The first kappa shape index (κ1) is 16.3. The second-order valence-corrected chi connectivity index (χ2v) is 6.50. The molecule has 1 aliphatic heterocycles. The second kappa shape index (κ2) is 7.82. The Morgan fingerprint density at radius 3 is 3.00 bits per heavy atom. The van der Waals surface area contributed by atoms with Gasteiger partial charge in [-0.05, 0) is 26.0 Å². The predicted molar refractivity (Wildman–Crippen MR) is 87.0 cm³/mol. The molecule has 0 aliphatic carbocycles. The van der Waals surface area contributed by atoms with E-state index in [0.717, 1.165) is 31.9 Å². The summed E-state index contributed by atoms with van der Waals surface area (Å²) in [6.45, 7) is 3.83. The first-order chi connectivity index (χ1) is 10.1. The number of aliphatic hydroxyl groups is 1. The fraction of sp³-hybridized carbons (Fsp3) is 0.714. The molecule has 6 nitrogen and oxygen atoms in total. The average molecular weight is 312 g/mol. The molecule has 0 unspecified atom stereocenters. The minimum atomic E-state index is -0.755. The summed E-state index contributed by atoms with van der Waals surface area (Å²) in [7, 11) is 0. The predicted octanol–water partition coefficient (Wildman–Crippen LogP) is 1.59. The lowest BCUT2D eigenvalue weighted by Gasteiger charge is -2.24. The zero-order valence-electron chi connectivity index (χ0n) is 12.6. The smallest absolute Gasteiger partial charge is 0.131 e. The molecule has 21 heavy (non-hydrogen) atoms. The molecule has 1 saturated heterocycles. The molecule has 0 bridgehead atoms. The number of ether oxygens (including phenoxy) is 1. The monoisotopic (exact) mass is 312 g/mol. The lowest BCUT2D eigenvalue weighted by Crippen LogP contribution is -2.36. The summed E-state index contributed by atoms with van der Waals surface area (Å²) in [6, 6.07) is 2.17. The third-order valence-corrected chi connectivity index (χ3v) is 4.20. The number of hydrogen-bond acceptors (Lipinski definition) is 7. The Morgan fingerprint density at radius 1 is 1.48 bits per heavy atom. The van der Waals surface area contributed by atoms with Crippen LogP contribution in [-0.2, 0) is 4.74 Å². The maximum absolute atomic E-state index is 10.1. The Kier molecular flexibility index (Phi) is 6.08. The number of anilines is 2. The maximum atomic E-state index is 10.1. The van der Waals surface area contributed by atoms with Crippen molar-refractivity contribution >= 4 is 23.4 Å². The molecule has 118 valence electrons. The molecule has 0 amide bonds. The topological polar surface area (TPSA) is 79.3 Å². The summed E-state index contributed by atoms with van der Waals surface area (Å²) in [4.78, 5) is 8.41. The van der Waals surface area contributed by atoms with Crippen molar-refractivity contribution in [2.24, 2.45) is 0 Å². The van der Waals surface area contributed by atoms with Crippen LogP contribution in [0, 0.1) is 0 Å². The van der Waals surface area contributed by atoms with Crippen molar-refractivity contribution in [2.45, 2.75) is 31.4 Å². The van der Waals surface area contributed by atoms with Crippen LogP contribution < -0.4 is 10.6 Å². The van der Waals surface area contributed by atoms with Gasteiger partial charge in [-0.15, -0.1) is 0 Å². The normalized spacial score (nSPS) is 21.6. The SMILES string of the molecule is CSC[C@@](C)(O)CNc1cc(N[C@@H]2CCCOC2)ncn1. The van der Waals surface area contributed by atoms with Crippen molar-refractivity contribution in [1.29, 1.82) is 0 Å². The lowest BCUT2D eigenvalue weighted by atomic mass is 10.1. The van der Waals surface area contributed by atoms with Gasteiger partial charge in [0, 0.05) is 25.0 Å². The quantitative estimate of drug-likeness (QED) is 0.705. The van der Waals surface area contributed by atoms with E-state index in [1.54, 1.807) is 11.8 Å². The van der Waals surface area contributed by atoms with Crippen LogP contribution in [0.1, 0.15) is 19.8 Å². The molecule has 3 N–H and O–H groups in total. The van der Waals surface area contributed by atoms with Crippen molar-refractivity contribution in [1.82, 2.24) is 9.97 Å². The Labute approximate surface area is 130 Å². The number of hydrogen-bond donors (Lipinski definition) is 3. The fourth-order valence-corrected chi connectivity index (χ4v) is 2.96. The van der Waals surface area contributed by atoms with Crippen LogP contribution in [0.2, 0.25) is 0 Å². The van der Waals surface area contributed by atoms with Gasteiger partial charge in [0.15, 0.2) is 0 Å². The van der Waals surface area contributed by atoms with Gasteiger partial charge >= 0.3 is 0 Å². The van der Waals surface area contributed by atoms with Gasteiger partial charge in [0.1, 0.15) is 18.0 Å². The molecule has 1 fully saturated rings. The van der Waals surface area contributed by atoms with Gasteiger partial charge in [0.2, 0.25) is 0 Å². The van der Waals surface area contributed by atoms with E-state index in [4.69, 9.17) is 4.74 Å². The summed E-state index contributed by atoms with van der Waals surface area (Å²) in [5.74, 6) is 2.17. The molecule has 0 saturated carbocycles. The van der Waals surface area contributed by atoms with Crippen LogP contribution >= 0.6 is 11.8 Å². The Hall–Kier alpha value is -1.05. The molecule has 1 aromatic heterocycles. The van der Waals surface area contributed by atoms with Gasteiger partial charge in [0.25, 0.3) is 0 Å². The molecule has 1 aliphatic rings. The van der Waals surface area contributed by atoms with E-state index < -0.39 is 5.60 Å². The zero-order valence-corrected chi connectivity index (χ0v) is 13.4. The van der Waals surface area contributed by atoms with Gasteiger partial charge in [-0.25, -0.2) is 9.97 Å². The summed E-state index contributed by atoms with van der Waals surface area (Å²) >= 11 is 1.62. The van der Waals surface area contributed by atoms with Crippen molar-refractivity contribution in [3.05, 3.63) is 12.4 Å². The Morgan fingerprint density at radius 2 is 2.29 bits per heavy atom. The van der Waals surface area contributed by atoms with E-state index in [1.165, 1.54) is 6.33 Å². The highest BCUT2D eigenvalue weighted by Gasteiger charge is 2.19. The Balaban J connectivity index is 1.88. The molecule has 0 aromatic carbocycles. The van der Waals surface area contributed by atoms with E-state index >= 15 is 0 Å². The van der Waals surface area contributed by atoms with Crippen molar-refractivity contribution in [3.8, 4) is 0 Å². The van der Waals surface area contributed by atoms with Gasteiger partial charge < -0.3 is 20.5 Å². The van der Waals surface area contributed by atoms with Crippen LogP contribution in [0.25, 0.3) is 0 Å². The molecule has 2 atom stereocenters. The van der Waals surface area contributed by atoms with Crippen molar-refractivity contribution < 1.29 is 9.84 Å². The third-order valence-electron chi connectivity index (χ3n) is 3.29. The molecule has 1 aromatic rings. The van der Waals surface area contributed by atoms with Gasteiger partial charge in [-0.3, -0.25) is 0 Å². The summed E-state index contributed by atoms with van der Waals surface area (Å²) in [6.07, 6.45) is 5.67. The standard InChI is InChI=1S/C14H24N4O2S/c1-14(19,9-21-2)8-15-12-6-13(17-10-16-12)18-11-4-3-5-20-7-11/h6,10-11,19H,3-5,7-9H2,1-2H3,(H2,15,16,17,18)/t11-,14+/m1/s1. The first-order valence-electron chi connectivity index (χ1n) is 7.20. The van der Waals surface area contributed by atoms with Crippen LogP contribution in [-0.4, -0.2) is 58.5 Å². The highest BCUT2D eigenvalue weighted by Crippen LogP contribution is 2.16. The minimum Gasteiger partial charge on any atom is -0.387 e. The molecule has 2 heterocycles. The third kappa shape index (κ3) is 5.68. The molecule has 0 spiro atoms. The van der Waals surface area contributed by atoms with Crippen LogP contribution in [0.5, 0.6) is 0 Å². The molecule has 2 rings (SSSR count). The van der Waals surface area contributed by atoms with Crippen molar-refractivity contribution in [3.63, 3.8) is 0 Å². The van der Waals surface area contributed by atoms with E-state index in [-0.39, 0.29) is 0 Å². The number of thioether (sulfide) groups is 1. The molecular formula is C14H24N4O2S. The second-order valence-electron chi connectivity index (χ2n) is 5.63. The number of rotatable bonds is 7. The fourth-order valence-electron chi connectivity index (χ4n) is 2.24. The van der Waals surface area contributed by atoms with Gasteiger partial charge in [-0.1, -0.05) is 0 Å². The molecule has 7 heteroatoms. The van der Waals surface area contributed by atoms with E-state index in [9.17, 15) is 5.11 Å². The van der Waals surface area contributed by atoms with Gasteiger partial charge in [0.05, 0.1) is 18.2 Å². The van der Waals surface area contributed by atoms with Crippen LogP contribution in [0.15, 0.2) is 12.4 Å². The Bertz CT molecular complexity index is 439. The number of nitrogens with zero attached hydrogens (tertiary/aromatic N) is 2. The summed E-state index contributed by atoms with van der Waals surface area (Å²) in [5, 5.41) is 16.7. The number of aromatic nitrogens is 2. The van der Waals surface area contributed by atoms with E-state index in [2.05, 4.69) is 20.6 Å². The largest absolute Gasteiger partial charge is 0.387 e.